The maximum atomic E-state index is 13.4. The SMILES string of the molecule is COCCCCC(O)(c1cccc(Cl)c1-c1cccc(OC)c1)C1CN(C(=O)C2CC(N)C(O)C2)CCO1. The van der Waals surface area contributed by atoms with E-state index in [2.05, 4.69) is 0 Å². The molecule has 1 heterocycles. The Labute approximate surface area is 229 Å². The third-order valence-corrected chi connectivity index (χ3v) is 8.15. The Kier molecular flexibility index (Phi) is 9.68. The lowest BCUT2D eigenvalue weighted by Crippen LogP contribution is -2.55. The average molecular weight is 547 g/mol. The van der Waals surface area contributed by atoms with Gasteiger partial charge in [-0.3, -0.25) is 4.79 Å². The molecular formula is C29H39ClN2O6. The summed E-state index contributed by atoms with van der Waals surface area (Å²) >= 11 is 6.77. The van der Waals surface area contributed by atoms with Gasteiger partial charge in [-0.1, -0.05) is 35.9 Å². The number of aliphatic hydroxyl groups excluding tert-OH is 1. The summed E-state index contributed by atoms with van der Waals surface area (Å²) in [5.74, 6) is 0.304. The number of carbonyl (C=O) groups excluding carboxylic acids is 1. The molecule has 2 aliphatic rings. The van der Waals surface area contributed by atoms with Crippen LogP contribution in [0, 0.1) is 5.92 Å². The van der Waals surface area contributed by atoms with Crippen LogP contribution in [0.15, 0.2) is 42.5 Å². The number of rotatable bonds is 10. The molecule has 1 saturated carbocycles. The van der Waals surface area contributed by atoms with Gasteiger partial charge in [0.25, 0.3) is 0 Å². The minimum absolute atomic E-state index is 0.0499. The summed E-state index contributed by atoms with van der Waals surface area (Å²) in [6.07, 6.45) is 1.32. The van der Waals surface area contributed by atoms with Crippen molar-refractivity contribution in [1.29, 1.82) is 0 Å². The number of halogens is 1. The number of ether oxygens (including phenoxy) is 3. The van der Waals surface area contributed by atoms with Gasteiger partial charge in [0.05, 0.1) is 26.4 Å². The van der Waals surface area contributed by atoms with E-state index in [1.807, 2.05) is 36.4 Å². The first kappa shape index (κ1) is 28.8. The van der Waals surface area contributed by atoms with Crippen molar-refractivity contribution in [3.8, 4) is 16.9 Å². The summed E-state index contributed by atoms with van der Waals surface area (Å²) in [6.45, 7) is 1.53. The molecule has 2 aromatic rings. The molecule has 0 bridgehead atoms. The van der Waals surface area contributed by atoms with Crippen LogP contribution in [0.4, 0.5) is 0 Å². The van der Waals surface area contributed by atoms with Crippen LogP contribution in [0.5, 0.6) is 5.75 Å². The second-order valence-electron chi connectivity index (χ2n) is 10.3. The Balaban J connectivity index is 1.69. The Hall–Kier alpha value is -2.20. The number of hydrogen-bond acceptors (Lipinski definition) is 7. The van der Waals surface area contributed by atoms with Gasteiger partial charge in [-0.2, -0.15) is 0 Å². The molecule has 1 aliphatic carbocycles. The summed E-state index contributed by atoms with van der Waals surface area (Å²) in [7, 11) is 3.26. The van der Waals surface area contributed by atoms with E-state index >= 15 is 0 Å². The zero-order valence-corrected chi connectivity index (χ0v) is 22.9. The molecule has 208 valence electrons. The molecule has 0 spiro atoms. The van der Waals surface area contributed by atoms with Gasteiger partial charge in [-0.25, -0.2) is 0 Å². The molecule has 9 heteroatoms. The number of benzene rings is 2. The Morgan fingerprint density at radius 2 is 2.00 bits per heavy atom. The number of carbonyl (C=O) groups is 1. The van der Waals surface area contributed by atoms with Crippen LogP contribution in [0.25, 0.3) is 11.1 Å². The first-order chi connectivity index (χ1) is 18.3. The zero-order valence-electron chi connectivity index (χ0n) is 22.1. The second-order valence-corrected chi connectivity index (χ2v) is 10.7. The van der Waals surface area contributed by atoms with E-state index in [1.54, 1.807) is 25.2 Å². The lowest BCUT2D eigenvalue weighted by molar-refractivity contribution is -0.167. The molecule has 2 aromatic carbocycles. The second kappa shape index (κ2) is 12.8. The van der Waals surface area contributed by atoms with Crippen LogP contribution in [-0.4, -0.2) is 79.8 Å². The fourth-order valence-corrected chi connectivity index (χ4v) is 6.00. The van der Waals surface area contributed by atoms with Crippen LogP contribution in [-0.2, 0) is 19.9 Å². The molecule has 5 unspecified atom stereocenters. The molecule has 1 aliphatic heterocycles. The lowest BCUT2D eigenvalue weighted by Gasteiger charge is -2.44. The van der Waals surface area contributed by atoms with Gasteiger partial charge in [0.2, 0.25) is 5.91 Å². The van der Waals surface area contributed by atoms with Crippen molar-refractivity contribution in [3.63, 3.8) is 0 Å². The molecule has 8 nitrogen and oxygen atoms in total. The molecule has 2 fully saturated rings. The Morgan fingerprint density at radius 1 is 1.21 bits per heavy atom. The highest BCUT2D eigenvalue weighted by Crippen LogP contribution is 2.43. The molecule has 5 atom stereocenters. The van der Waals surface area contributed by atoms with Crippen molar-refractivity contribution in [1.82, 2.24) is 4.90 Å². The van der Waals surface area contributed by atoms with E-state index in [0.29, 0.717) is 67.3 Å². The molecule has 0 radical (unpaired) electrons. The Morgan fingerprint density at radius 3 is 2.71 bits per heavy atom. The van der Waals surface area contributed by atoms with Crippen LogP contribution in [0.1, 0.15) is 37.7 Å². The lowest BCUT2D eigenvalue weighted by atomic mass is 9.79. The summed E-state index contributed by atoms with van der Waals surface area (Å²) in [5, 5.41) is 23.1. The van der Waals surface area contributed by atoms with Gasteiger partial charge in [0, 0.05) is 42.8 Å². The third-order valence-electron chi connectivity index (χ3n) is 7.83. The molecule has 1 amide bonds. The van der Waals surface area contributed by atoms with E-state index in [9.17, 15) is 15.0 Å². The zero-order chi connectivity index (χ0) is 27.3. The standard InChI is InChI=1S/C29H39ClN2O6/c1-36-13-4-3-11-29(35,22-9-6-10-23(30)27(22)19-7-5-8-21(15-19)37-2)26-18-32(12-14-38-26)28(34)20-16-24(31)25(33)17-20/h5-10,15,20,24-26,33,35H,3-4,11-14,16-18,31H2,1-2H3. The van der Waals surface area contributed by atoms with Crippen molar-refractivity contribution in [2.24, 2.45) is 11.7 Å². The first-order valence-electron chi connectivity index (χ1n) is 13.3. The van der Waals surface area contributed by atoms with Gasteiger partial charge < -0.3 is 35.1 Å². The number of methoxy groups -OCH3 is 2. The predicted octanol–water partition coefficient (Wildman–Crippen LogP) is 3.35. The maximum absolute atomic E-state index is 13.4. The van der Waals surface area contributed by atoms with Crippen LogP contribution in [0.2, 0.25) is 5.02 Å². The number of amides is 1. The summed E-state index contributed by atoms with van der Waals surface area (Å²) < 4.78 is 16.9. The molecule has 4 N–H and O–H groups in total. The van der Waals surface area contributed by atoms with Crippen LogP contribution < -0.4 is 10.5 Å². The van der Waals surface area contributed by atoms with Gasteiger partial charge >= 0.3 is 0 Å². The van der Waals surface area contributed by atoms with Crippen molar-refractivity contribution in [2.45, 2.75) is 56.0 Å². The number of nitrogens with two attached hydrogens (primary N) is 1. The highest BCUT2D eigenvalue weighted by atomic mass is 35.5. The van der Waals surface area contributed by atoms with Crippen molar-refractivity contribution >= 4 is 17.5 Å². The van der Waals surface area contributed by atoms with Crippen molar-refractivity contribution < 1.29 is 29.2 Å². The van der Waals surface area contributed by atoms with E-state index in [-0.39, 0.29) is 18.4 Å². The largest absolute Gasteiger partial charge is 0.497 e. The smallest absolute Gasteiger partial charge is 0.226 e. The molecule has 38 heavy (non-hydrogen) atoms. The fraction of sp³-hybridized carbons (Fsp3) is 0.552. The predicted molar refractivity (Wildman–Crippen MR) is 146 cm³/mol. The van der Waals surface area contributed by atoms with Crippen LogP contribution >= 0.6 is 11.6 Å². The quantitative estimate of drug-likeness (QED) is 0.391. The van der Waals surface area contributed by atoms with Crippen LogP contribution in [0.3, 0.4) is 0 Å². The summed E-state index contributed by atoms with van der Waals surface area (Å²) in [6, 6.07) is 12.7. The minimum Gasteiger partial charge on any atom is -0.497 e. The monoisotopic (exact) mass is 546 g/mol. The minimum atomic E-state index is -1.43. The van der Waals surface area contributed by atoms with Gasteiger partial charge in [-0.15, -0.1) is 0 Å². The van der Waals surface area contributed by atoms with Gasteiger partial charge in [0.1, 0.15) is 17.5 Å². The van der Waals surface area contributed by atoms with Crippen molar-refractivity contribution in [3.05, 3.63) is 53.1 Å². The molecule has 4 rings (SSSR count). The maximum Gasteiger partial charge on any atom is 0.226 e. The number of hydrogen-bond donors (Lipinski definition) is 3. The molecule has 0 aromatic heterocycles. The van der Waals surface area contributed by atoms with Crippen molar-refractivity contribution in [2.75, 3.05) is 40.5 Å². The number of aliphatic hydroxyl groups is 2. The van der Waals surface area contributed by atoms with Gasteiger partial charge in [0.15, 0.2) is 0 Å². The highest BCUT2D eigenvalue weighted by Gasteiger charge is 2.45. The fourth-order valence-electron chi connectivity index (χ4n) is 5.71. The third kappa shape index (κ3) is 6.17. The average Bonchev–Trinajstić information content (AvgIpc) is 3.28. The van der Waals surface area contributed by atoms with E-state index < -0.39 is 23.9 Å². The highest BCUT2D eigenvalue weighted by molar-refractivity contribution is 6.33. The molecule has 1 saturated heterocycles. The van der Waals surface area contributed by atoms with Gasteiger partial charge in [-0.05, 0) is 61.4 Å². The van der Waals surface area contributed by atoms with E-state index in [0.717, 1.165) is 12.0 Å². The summed E-state index contributed by atoms with van der Waals surface area (Å²) in [5.41, 5.74) is 6.72. The topological polar surface area (TPSA) is 114 Å². The van der Waals surface area contributed by atoms with E-state index in [4.69, 9.17) is 31.5 Å². The van der Waals surface area contributed by atoms with E-state index in [1.165, 1.54) is 0 Å². The number of nitrogens with zero attached hydrogens (tertiary/aromatic N) is 1. The summed E-state index contributed by atoms with van der Waals surface area (Å²) in [4.78, 5) is 15.1. The normalized spacial score (nSPS) is 25.3. The first-order valence-corrected chi connectivity index (χ1v) is 13.6. The Bertz CT molecular complexity index is 1090. The number of morpholine rings is 1. The molecular weight excluding hydrogens is 508 g/mol. The number of unbranched alkanes of at least 4 members (excludes halogenated alkanes) is 1.